The van der Waals surface area contributed by atoms with E-state index in [-0.39, 0.29) is 6.10 Å². The molecule has 2 N–H and O–H groups in total. The Bertz CT molecular complexity index is 279. The minimum absolute atomic E-state index is 0.292. The number of likely N-dealkylation sites (N-methyl/N-ethyl adjacent to an activating group) is 1. The Balaban J connectivity index is 2.56. The quantitative estimate of drug-likeness (QED) is 0.773. The molecule has 1 rings (SSSR count). The van der Waals surface area contributed by atoms with E-state index < -0.39 is 0 Å². The number of hydrogen-bond donors (Lipinski definition) is 2. The minimum Gasteiger partial charge on any atom is -0.391 e. The highest BCUT2D eigenvalue weighted by Gasteiger charge is 2.04. The summed E-state index contributed by atoms with van der Waals surface area (Å²) in [5, 5.41) is 12.6. The third-order valence-electron chi connectivity index (χ3n) is 2.56. The van der Waals surface area contributed by atoms with Crippen molar-refractivity contribution in [2.45, 2.75) is 32.3 Å². The molecule has 2 nitrogen and oxygen atoms in total. The van der Waals surface area contributed by atoms with Crippen LogP contribution in [0, 0.1) is 0 Å². The van der Waals surface area contributed by atoms with Crippen LogP contribution in [-0.4, -0.2) is 24.8 Å². The topological polar surface area (TPSA) is 32.3 Å². The van der Waals surface area contributed by atoms with Gasteiger partial charge in [0.2, 0.25) is 0 Å². The van der Waals surface area contributed by atoms with E-state index in [0.29, 0.717) is 12.5 Å². The van der Waals surface area contributed by atoms with E-state index in [1.807, 2.05) is 7.05 Å². The van der Waals surface area contributed by atoms with E-state index in [1.54, 1.807) is 0 Å². The van der Waals surface area contributed by atoms with Gasteiger partial charge in [-0.15, -0.1) is 0 Å². The number of hydrogen-bond acceptors (Lipinski definition) is 2. The van der Waals surface area contributed by atoms with Gasteiger partial charge in [-0.2, -0.15) is 0 Å². The molecule has 0 saturated carbocycles. The third-order valence-corrected chi connectivity index (χ3v) is 2.56. The summed E-state index contributed by atoms with van der Waals surface area (Å²) in [6.45, 7) is 5.02. The number of nitrogens with one attached hydrogen (secondary N) is 1. The molecule has 0 aliphatic rings. The second-order valence-corrected chi connectivity index (χ2v) is 4.31. The summed E-state index contributed by atoms with van der Waals surface area (Å²) in [4.78, 5) is 0. The molecule has 0 saturated heterocycles. The van der Waals surface area contributed by atoms with Crippen LogP contribution in [0.1, 0.15) is 30.9 Å². The summed E-state index contributed by atoms with van der Waals surface area (Å²) in [7, 11) is 1.85. The monoisotopic (exact) mass is 207 g/mol. The average Bonchev–Trinajstić information content (AvgIpc) is 2.18. The molecule has 0 spiro atoms. The number of benzene rings is 1. The van der Waals surface area contributed by atoms with Crippen LogP contribution in [0.4, 0.5) is 0 Å². The van der Waals surface area contributed by atoms with E-state index in [0.717, 1.165) is 6.42 Å². The van der Waals surface area contributed by atoms with Crippen molar-refractivity contribution >= 4 is 0 Å². The van der Waals surface area contributed by atoms with Crippen molar-refractivity contribution in [2.24, 2.45) is 0 Å². The van der Waals surface area contributed by atoms with Crippen molar-refractivity contribution in [3.8, 4) is 0 Å². The van der Waals surface area contributed by atoms with Gasteiger partial charge in [0.1, 0.15) is 0 Å². The van der Waals surface area contributed by atoms with Crippen LogP contribution in [0.3, 0.4) is 0 Å². The Morgan fingerprint density at radius 2 is 1.80 bits per heavy atom. The van der Waals surface area contributed by atoms with Gasteiger partial charge in [0, 0.05) is 6.54 Å². The lowest BCUT2D eigenvalue weighted by Gasteiger charge is -2.11. The minimum atomic E-state index is -0.292. The molecule has 0 aromatic heterocycles. The van der Waals surface area contributed by atoms with Gasteiger partial charge >= 0.3 is 0 Å². The van der Waals surface area contributed by atoms with Crippen molar-refractivity contribution in [1.29, 1.82) is 0 Å². The lowest BCUT2D eigenvalue weighted by atomic mass is 10.00. The molecule has 0 radical (unpaired) electrons. The first-order valence-corrected chi connectivity index (χ1v) is 5.55. The maximum absolute atomic E-state index is 9.62. The fourth-order valence-corrected chi connectivity index (χ4v) is 1.62. The van der Waals surface area contributed by atoms with Crippen LogP contribution in [0.2, 0.25) is 0 Å². The Morgan fingerprint density at radius 1 is 1.20 bits per heavy atom. The smallest absolute Gasteiger partial charge is 0.0704 e. The molecule has 0 bridgehead atoms. The van der Waals surface area contributed by atoms with Crippen molar-refractivity contribution < 1.29 is 5.11 Å². The van der Waals surface area contributed by atoms with E-state index in [4.69, 9.17) is 0 Å². The molecule has 2 heteroatoms. The Hall–Kier alpha value is -0.860. The molecular formula is C13H21NO. The predicted octanol–water partition coefficient (Wildman–Crippen LogP) is 1.93. The summed E-state index contributed by atoms with van der Waals surface area (Å²) in [5.41, 5.74) is 2.55. The molecule has 0 aliphatic heterocycles. The van der Waals surface area contributed by atoms with Gasteiger partial charge in [0.05, 0.1) is 6.10 Å². The second kappa shape index (κ2) is 5.89. The highest BCUT2D eigenvalue weighted by Crippen LogP contribution is 2.15. The molecule has 84 valence electrons. The third kappa shape index (κ3) is 4.02. The number of aliphatic hydroxyl groups is 1. The Labute approximate surface area is 92.3 Å². The lowest BCUT2D eigenvalue weighted by molar-refractivity contribution is 0.175. The fraction of sp³-hybridized carbons (Fsp3) is 0.538. The summed E-state index contributed by atoms with van der Waals surface area (Å²) in [5.74, 6) is 0.571. The van der Waals surface area contributed by atoms with Crippen LogP contribution in [0.15, 0.2) is 24.3 Å². The van der Waals surface area contributed by atoms with Crippen LogP contribution >= 0.6 is 0 Å². The molecule has 0 amide bonds. The zero-order valence-corrected chi connectivity index (χ0v) is 9.83. The normalized spacial score (nSPS) is 13.1. The van der Waals surface area contributed by atoms with Crippen LogP contribution in [-0.2, 0) is 6.42 Å². The molecule has 1 unspecified atom stereocenters. The first-order chi connectivity index (χ1) is 7.13. The van der Waals surface area contributed by atoms with Crippen LogP contribution in [0.25, 0.3) is 0 Å². The fourth-order valence-electron chi connectivity index (χ4n) is 1.62. The van der Waals surface area contributed by atoms with Gasteiger partial charge in [0.25, 0.3) is 0 Å². The van der Waals surface area contributed by atoms with Crippen molar-refractivity contribution in [3.05, 3.63) is 35.4 Å². The lowest BCUT2D eigenvalue weighted by Crippen LogP contribution is -2.25. The van der Waals surface area contributed by atoms with Crippen molar-refractivity contribution in [3.63, 3.8) is 0 Å². The Morgan fingerprint density at radius 3 is 2.27 bits per heavy atom. The molecule has 1 atom stereocenters. The van der Waals surface area contributed by atoms with Gasteiger partial charge in [-0.05, 0) is 30.5 Å². The molecule has 15 heavy (non-hydrogen) atoms. The second-order valence-electron chi connectivity index (χ2n) is 4.31. The van der Waals surface area contributed by atoms with Crippen LogP contribution < -0.4 is 5.32 Å². The highest BCUT2D eigenvalue weighted by molar-refractivity contribution is 5.25. The molecule has 1 aromatic carbocycles. The van der Waals surface area contributed by atoms with Crippen molar-refractivity contribution in [2.75, 3.05) is 13.6 Å². The average molecular weight is 207 g/mol. The summed E-state index contributed by atoms with van der Waals surface area (Å²) in [6, 6.07) is 8.50. The van der Waals surface area contributed by atoms with Gasteiger partial charge < -0.3 is 10.4 Å². The molecule has 0 aliphatic carbocycles. The van der Waals surface area contributed by atoms with E-state index in [2.05, 4.69) is 43.4 Å². The largest absolute Gasteiger partial charge is 0.391 e. The van der Waals surface area contributed by atoms with Crippen molar-refractivity contribution in [1.82, 2.24) is 5.32 Å². The summed E-state index contributed by atoms with van der Waals surface area (Å²) >= 11 is 0. The molecule has 1 aromatic rings. The van der Waals surface area contributed by atoms with Gasteiger partial charge in [-0.25, -0.2) is 0 Å². The zero-order chi connectivity index (χ0) is 11.3. The number of rotatable bonds is 5. The van der Waals surface area contributed by atoms with E-state index >= 15 is 0 Å². The van der Waals surface area contributed by atoms with Gasteiger partial charge in [0.15, 0.2) is 0 Å². The first-order valence-electron chi connectivity index (χ1n) is 5.55. The Kier molecular flexibility index (Phi) is 4.79. The number of aliphatic hydroxyl groups excluding tert-OH is 1. The predicted molar refractivity (Wildman–Crippen MR) is 64.2 cm³/mol. The van der Waals surface area contributed by atoms with Gasteiger partial charge in [-0.1, -0.05) is 38.1 Å². The molecule has 0 fully saturated rings. The SMILES string of the molecule is CNCC(O)Cc1ccc(C(C)C)cc1. The maximum Gasteiger partial charge on any atom is 0.0704 e. The maximum atomic E-state index is 9.62. The molecular weight excluding hydrogens is 186 g/mol. The summed E-state index contributed by atoms with van der Waals surface area (Å²) in [6.07, 6.45) is 0.430. The first kappa shape index (κ1) is 12.2. The highest BCUT2D eigenvalue weighted by atomic mass is 16.3. The standard InChI is InChI=1S/C13H21NO/c1-10(2)12-6-4-11(5-7-12)8-13(15)9-14-3/h4-7,10,13-15H,8-9H2,1-3H3. The van der Waals surface area contributed by atoms with Gasteiger partial charge in [-0.3, -0.25) is 0 Å². The zero-order valence-electron chi connectivity index (χ0n) is 9.83. The van der Waals surface area contributed by atoms with E-state index in [1.165, 1.54) is 11.1 Å². The molecule has 0 heterocycles. The van der Waals surface area contributed by atoms with E-state index in [9.17, 15) is 5.11 Å². The van der Waals surface area contributed by atoms with Crippen LogP contribution in [0.5, 0.6) is 0 Å². The summed E-state index contributed by atoms with van der Waals surface area (Å²) < 4.78 is 0.